The maximum atomic E-state index is 16.2. The van der Waals surface area contributed by atoms with Crippen molar-refractivity contribution in [3.63, 3.8) is 0 Å². The van der Waals surface area contributed by atoms with Gasteiger partial charge in [0.2, 0.25) is 11.8 Å². The molecule has 3 amide bonds. The van der Waals surface area contributed by atoms with Gasteiger partial charge in [-0.05, 0) is 102 Å². The van der Waals surface area contributed by atoms with Crippen LogP contribution < -0.4 is 10.2 Å². The number of hydrogen-bond acceptors (Lipinski definition) is 10. The van der Waals surface area contributed by atoms with E-state index in [1.807, 2.05) is 65.6 Å². The Labute approximate surface area is 375 Å². The molecule has 9 rings (SSSR count). The molecule has 65 heavy (non-hydrogen) atoms. The van der Waals surface area contributed by atoms with E-state index in [9.17, 15) is 20.0 Å². The SMILES string of the molecule is C=CCNC(=O)[C@H]1[C@@H]2C(=O)O[C@@H](c3ccccc3)[C@@H](c3ccccc3)N2[C@@H](c2ccc(O)cc2)[C@]12C(=O)N(C(=O)OCc1ccc([N+](=O)[O-])cc1)c1ccc(C#CC3=CCCCC3)cc12. The number of phenolic OH excluding ortho intramolecular Hbond substituents is 1. The van der Waals surface area contributed by atoms with Crippen LogP contribution in [0.1, 0.15) is 77.3 Å². The summed E-state index contributed by atoms with van der Waals surface area (Å²) in [6.07, 6.45) is 5.44. The highest BCUT2D eigenvalue weighted by Crippen LogP contribution is 2.66. The van der Waals surface area contributed by atoms with Crippen molar-refractivity contribution in [2.75, 3.05) is 11.4 Å². The van der Waals surface area contributed by atoms with Crippen LogP contribution >= 0.6 is 0 Å². The van der Waals surface area contributed by atoms with Crippen LogP contribution in [0.2, 0.25) is 0 Å². The molecule has 3 heterocycles. The molecule has 0 bridgehead atoms. The third kappa shape index (κ3) is 7.61. The van der Waals surface area contributed by atoms with Crippen molar-refractivity contribution in [1.29, 1.82) is 0 Å². The molecule has 13 nitrogen and oxygen atoms in total. The Balaban J connectivity index is 1.30. The number of allylic oxidation sites excluding steroid dienone is 2. The number of non-ortho nitro benzene ring substituents is 1. The Morgan fingerprint density at radius 3 is 2.26 bits per heavy atom. The highest BCUT2D eigenvalue weighted by Gasteiger charge is 2.75. The van der Waals surface area contributed by atoms with Crippen LogP contribution in [0.4, 0.5) is 16.2 Å². The number of fused-ring (bicyclic) bond motifs is 3. The highest BCUT2D eigenvalue weighted by molar-refractivity contribution is 6.23. The fourth-order valence-corrected chi connectivity index (χ4v) is 9.93. The van der Waals surface area contributed by atoms with Crippen molar-refractivity contribution in [1.82, 2.24) is 10.2 Å². The summed E-state index contributed by atoms with van der Waals surface area (Å²) >= 11 is 0. The van der Waals surface area contributed by atoms with Crippen LogP contribution in [0.5, 0.6) is 5.75 Å². The van der Waals surface area contributed by atoms with Gasteiger partial charge in [-0.15, -0.1) is 6.58 Å². The molecule has 0 aromatic heterocycles. The second-order valence-corrected chi connectivity index (χ2v) is 16.5. The number of carbonyl (C=O) groups is 4. The van der Waals surface area contributed by atoms with E-state index in [2.05, 4.69) is 29.8 Å². The predicted molar refractivity (Wildman–Crippen MR) is 240 cm³/mol. The summed E-state index contributed by atoms with van der Waals surface area (Å²) < 4.78 is 12.3. The molecule has 2 saturated heterocycles. The fourth-order valence-electron chi connectivity index (χ4n) is 9.93. The van der Waals surface area contributed by atoms with Gasteiger partial charge in [0.05, 0.1) is 28.6 Å². The number of nitro benzene ring substituents is 1. The molecule has 5 aromatic rings. The van der Waals surface area contributed by atoms with Crippen molar-refractivity contribution in [3.05, 3.63) is 195 Å². The standard InChI is InChI=1S/C52H44N4O9/c1-2-30-53-48(58)43-45-49(59)65-46(37-16-10-5-11-17-37)44(36-14-8-4-9-15-36)55(45)47(38-23-27-40(57)28-24-38)52(43)41-31-34(19-18-33-12-6-3-7-13-33)22-29-42(41)54(50(52)60)51(61)64-32-35-20-25-39(26-21-35)56(62)63/h2,4-5,8-12,14-17,20-29,31,43-47,57H,1,3,6-7,13,30,32H2,(H,53,58)/t43-,44-,45-,46+,47+,52-/m1/s1. The lowest BCUT2D eigenvalue weighted by Crippen LogP contribution is -2.55. The largest absolute Gasteiger partial charge is 0.508 e. The van der Waals surface area contributed by atoms with Gasteiger partial charge in [-0.1, -0.05) is 96.8 Å². The summed E-state index contributed by atoms with van der Waals surface area (Å²) in [5, 5.41) is 24.9. The van der Waals surface area contributed by atoms with Crippen molar-refractivity contribution in [2.45, 2.75) is 61.9 Å². The zero-order valence-electron chi connectivity index (χ0n) is 35.2. The number of rotatable bonds is 9. The predicted octanol–water partition coefficient (Wildman–Crippen LogP) is 8.46. The number of morpholine rings is 1. The van der Waals surface area contributed by atoms with E-state index in [1.165, 1.54) is 42.5 Å². The molecular formula is C52H44N4O9. The zero-order chi connectivity index (χ0) is 45.2. The number of amides is 3. The first-order valence-electron chi connectivity index (χ1n) is 21.5. The minimum atomic E-state index is -2.05. The maximum Gasteiger partial charge on any atom is 0.421 e. The molecular weight excluding hydrogens is 825 g/mol. The number of cyclic esters (lactones) is 1. The monoisotopic (exact) mass is 868 g/mol. The molecule has 3 aliphatic heterocycles. The maximum absolute atomic E-state index is 16.2. The second kappa shape index (κ2) is 17.7. The first kappa shape index (κ1) is 42.5. The van der Waals surface area contributed by atoms with Crippen LogP contribution in [0, 0.1) is 27.9 Å². The van der Waals surface area contributed by atoms with Gasteiger partial charge in [-0.3, -0.25) is 29.4 Å². The Hall–Kier alpha value is -7.82. The first-order valence-corrected chi connectivity index (χ1v) is 21.5. The molecule has 1 aliphatic carbocycles. The number of nitrogens with zero attached hydrogens (tertiary/aromatic N) is 3. The molecule has 6 atom stereocenters. The summed E-state index contributed by atoms with van der Waals surface area (Å²) in [6.45, 7) is 3.45. The van der Waals surface area contributed by atoms with E-state index in [0.29, 0.717) is 22.3 Å². The Morgan fingerprint density at radius 1 is 0.892 bits per heavy atom. The Bertz CT molecular complexity index is 2780. The molecule has 5 aromatic carbocycles. The van der Waals surface area contributed by atoms with Crippen LogP contribution in [-0.2, 0) is 35.9 Å². The minimum Gasteiger partial charge on any atom is -0.508 e. The summed E-state index contributed by atoms with van der Waals surface area (Å²) in [4.78, 5) is 74.8. The number of aromatic hydroxyl groups is 1. The van der Waals surface area contributed by atoms with Crippen molar-refractivity contribution in [2.24, 2.45) is 5.92 Å². The second-order valence-electron chi connectivity index (χ2n) is 16.5. The number of nitro groups is 1. The summed E-state index contributed by atoms with van der Waals surface area (Å²) in [5.74, 6) is 2.76. The van der Waals surface area contributed by atoms with Gasteiger partial charge in [0.15, 0.2) is 0 Å². The fraction of sp³-hybridized carbons (Fsp3) is 0.231. The molecule has 13 heteroatoms. The van der Waals surface area contributed by atoms with Gasteiger partial charge in [-0.25, -0.2) is 9.69 Å². The smallest absolute Gasteiger partial charge is 0.421 e. The number of hydrogen-bond donors (Lipinski definition) is 2. The average Bonchev–Trinajstić information content (AvgIpc) is 3.79. The molecule has 2 fully saturated rings. The number of ether oxygens (including phenoxy) is 2. The quantitative estimate of drug-likeness (QED) is 0.0482. The minimum absolute atomic E-state index is 0.00548. The van der Waals surface area contributed by atoms with Crippen LogP contribution in [-0.4, -0.2) is 51.4 Å². The van der Waals surface area contributed by atoms with Crippen molar-refractivity contribution in [3.8, 4) is 17.6 Å². The molecule has 1 spiro atoms. The summed E-state index contributed by atoms with van der Waals surface area (Å²) in [5.41, 5.74) is 1.99. The van der Waals surface area contributed by atoms with Crippen LogP contribution in [0.25, 0.3) is 0 Å². The number of carbonyl (C=O) groups excluding carboxylic acids is 4. The normalized spacial score (nSPS) is 23.3. The van der Waals surface area contributed by atoms with Gasteiger partial charge in [-0.2, -0.15) is 0 Å². The first-order chi connectivity index (χ1) is 31.6. The lowest BCUT2D eigenvalue weighted by Gasteiger charge is -2.46. The van der Waals surface area contributed by atoms with Crippen molar-refractivity contribution >= 4 is 35.3 Å². The lowest BCUT2D eigenvalue weighted by molar-refractivity contribution is -0.384. The molecule has 0 saturated carbocycles. The summed E-state index contributed by atoms with van der Waals surface area (Å²) in [7, 11) is 0. The molecule has 0 radical (unpaired) electrons. The van der Waals surface area contributed by atoms with E-state index in [1.54, 1.807) is 30.3 Å². The van der Waals surface area contributed by atoms with Gasteiger partial charge >= 0.3 is 12.1 Å². The number of benzene rings is 5. The molecule has 326 valence electrons. The molecule has 0 unspecified atom stereocenters. The van der Waals surface area contributed by atoms with Crippen LogP contribution in [0.3, 0.4) is 0 Å². The highest BCUT2D eigenvalue weighted by atomic mass is 16.6. The van der Waals surface area contributed by atoms with Gasteiger partial charge in [0.25, 0.3) is 5.69 Å². The van der Waals surface area contributed by atoms with Gasteiger partial charge in [0.1, 0.15) is 29.9 Å². The van der Waals surface area contributed by atoms with E-state index in [-0.39, 0.29) is 35.8 Å². The molecule has 2 N–H and O–H groups in total. The third-order valence-corrected chi connectivity index (χ3v) is 12.7. The topological polar surface area (TPSA) is 169 Å². The Kier molecular flexibility index (Phi) is 11.6. The van der Waals surface area contributed by atoms with Gasteiger partial charge < -0.3 is 19.9 Å². The number of phenols is 1. The average molecular weight is 869 g/mol. The van der Waals surface area contributed by atoms with E-state index >= 15 is 14.4 Å². The number of imide groups is 1. The number of esters is 1. The molecule has 4 aliphatic rings. The van der Waals surface area contributed by atoms with Crippen molar-refractivity contribution < 1.29 is 38.7 Å². The van der Waals surface area contributed by atoms with E-state index in [4.69, 9.17) is 9.47 Å². The van der Waals surface area contributed by atoms with E-state index in [0.717, 1.165) is 41.7 Å². The van der Waals surface area contributed by atoms with E-state index < -0.39 is 64.4 Å². The van der Waals surface area contributed by atoms with Gasteiger partial charge in [0, 0.05) is 24.2 Å². The van der Waals surface area contributed by atoms with Crippen LogP contribution in [0.15, 0.2) is 152 Å². The lowest BCUT2D eigenvalue weighted by atomic mass is 9.65. The summed E-state index contributed by atoms with van der Waals surface area (Å²) in [6, 6.07) is 32.1. The number of nitrogens with one attached hydrogen (secondary N) is 1. The Morgan fingerprint density at radius 2 is 1.60 bits per heavy atom. The zero-order valence-corrected chi connectivity index (χ0v) is 35.2. The number of anilines is 1. The third-order valence-electron chi connectivity index (χ3n) is 12.7.